The Morgan fingerprint density at radius 1 is 0.811 bits per heavy atom. The molecule has 37 heavy (non-hydrogen) atoms. The average Bonchev–Trinajstić information content (AvgIpc) is 2.90. The zero-order chi connectivity index (χ0) is 27.2. The summed E-state index contributed by atoms with van der Waals surface area (Å²) in [6, 6.07) is 14.1. The molecule has 0 saturated carbocycles. The Morgan fingerprint density at radius 2 is 1.24 bits per heavy atom. The van der Waals surface area contributed by atoms with Gasteiger partial charge in [-0.05, 0) is 29.6 Å². The molecule has 0 spiro atoms. The summed E-state index contributed by atoms with van der Waals surface area (Å²) >= 11 is 5.56. The number of nitrogens with one attached hydrogen (secondary N) is 3. The van der Waals surface area contributed by atoms with Crippen molar-refractivity contribution in [3.8, 4) is 0 Å². The summed E-state index contributed by atoms with van der Waals surface area (Å²) in [6.07, 6.45) is 2.67. The van der Waals surface area contributed by atoms with Crippen LogP contribution in [0, 0.1) is 0 Å². The van der Waals surface area contributed by atoms with E-state index in [4.69, 9.17) is 5.73 Å². The summed E-state index contributed by atoms with van der Waals surface area (Å²) in [4.78, 5) is 50.7. The highest BCUT2D eigenvalue weighted by Crippen LogP contribution is 2.08. The molecule has 0 aromatic heterocycles. The quantitative estimate of drug-likeness (QED) is 0.183. The van der Waals surface area contributed by atoms with Crippen LogP contribution in [0.1, 0.15) is 17.5 Å². The topological polar surface area (TPSA) is 151 Å². The molecule has 0 heterocycles. The Hall–Kier alpha value is -3.02. The van der Waals surface area contributed by atoms with Crippen LogP contribution in [0.25, 0.3) is 0 Å². The van der Waals surface area contributed by atoms with Gasteiger partial charge in [-0.25, -0.2) is 4.79 Å². The Labute approximate surface area is 226 Å². The molecule has 3 amide bonds. The Balaban J connectivity index is 2.26. The normalized spacial score (nSPS) is 14.0. The van der Waals surface area contributed by atoms with E-state index in [1.54, 1.807) is 36.0 Å². The van der Waals surface area contributed by atoms with Crippen molar-refractivity contribution in [3.05, 3.63) is 71.8 Å². The maximum atomic E-state index is 13.4. The number of carbonyl (C=O) groups is 4. The summed E-state index contributed by atoms with van der Waals surface area (Å²) in [5.41, 5.74) is 7.59. The van der Waals surface area contributed by atoms with Gasteiger partial charge in [-0.1, -0.05) is 60.7 Å². The van der Waals surface area contributed by atoms with Crippen molar-refractivity contribution in [1.29, 1.82) is 0 Å². The Morgan fingerprint density at radius 3 is 1.65 bits per heavy atom. The lowest BCUT2D eigenvalue weighted by Gasteiger charge is -2.25. The number of carboxylic acids is 1. The van der Waals surface area contributed by atoms with Crippen LogP contribution in [0.5, 0.6) is 0 Å². The van der Waals surface area contributed by atoms with Crippen molar-refractivity contribution in [2.45, 2.75) is 43.4 Å². The largest absolute Gasteiger partial charge is 0.480 e. The molecule has 2 aromatic rings. The van der Waals surface area contributed by atoms with E-state index < -0.39 is 47.9 Å². The lowest BCUT2D eigenvalue weighted by Crippen LogP contribution is -2.58. The number of nitrogens with two attached hydrogens (primary N) is 1. The zero-order valence-corrected chi connectivity index (χ0v) is 22.3. The van der Waals surface area contributed by atoms with E-state index in [-0.39, 0.29) is 18.6 Å². The molecule has 9 nitrogen and oxygen atoms in total. The van der Waals surface area contributed by atoms with Crippen LogP contribution in [0.3, 0.4) is 0 Å². The van der Waals surface area contributed by atoms with Gasteiger partial charge < -0.3 is 26.8 Å². The number of aliphatic carboxylic acids is 1. The number of thioether (sulfide) groups is 1. The smallest absolute Gasteiger partial charge is 0.327 e. The van der Waals surface area contributed by atoms with Gasteiger partial charge in [0.25, 0.3) is 0 Å². The van der Waals surface area contributed by atoms with Gasteiger partial charge in [0.15, 0.2) is 0 Å². The molecule has 4 atom stereocenters. The van der Waals surface area contributed by atoms with Gasteiger partial charge in [-0.15, -0.1) is 0 Å². The third-order valence-corrected chi connectivity index (χ3v) is 6.61. The Kier molecular flexibility index (Phi) is 13.0. The van der Waals surface area contributed by atoms with Crippen LogP contribution >= 0.6 is 24.4 Å². The minimum Gasteiger partial charge on any atom is -0.480 e. The molecule has 200 valence electrons. The first kappa shape index (κ1) is 30.2. The lowest BCUT2D eigenvalue weighted by molar-refractivity contribution is -0.141. The van der Waals surface area contributed by atoms with Gasteiger partial charge in [-0.2, -0.15) is 24.4 Å². The van der Waals surface area contributed by atoms with Gasteiger partial charge in [0.05, 0.1) is 6.04 Å². The van der Waals surface area contributed by atoms with E-state index in [2.05, 4.69) is 28.6 Å². The fourth-order valence-electron chi connectivity index (χ4n) is 3.50. The second-order valence-electron chi connectivity index (χ2n) is 8.47. The first-order chi connectivity index (χ1) is 17.7. The van der Waals surface area contributed by atoms with Crippen molar-refractivity contribution in [3.63, 3.8) is 0 Å². The summed E-state index contributed by atoms with van der Waals surface area (Å²) in [5.74, 6) is -2.37. The minimum atomic E-state index is -1.23. The van der Waals surface area contributed by atoms with Gasteiger partial charge in [0.2, 0.25) is 17.7 Å². The number of thiol groups is 1. The molecular formula is C26H34N4O5S2. The summed E-state index contributed by atoms with van der Waals surface area (Å²) in [6.45, 7) is 0. The number of amides is 3. The number of hydrogen-bond donors (Lipinski definition) is 6. The third kappa shape index (κ3) is 10.5. The molecule has 0 aliphatic rings. The van der Waals surface area contributed by atoms with Crippen molar-refractivity contribution >= 4 is 48.1 Å². The molecule has 0 radical (unpaired) electrons. The molecular weight excluding hydrogens is 512 g/mol. The molecule has 0 aliphatic heterocycles. The van der Waals surface area contributed by atoms with Crippen LogP contribution in [-0.4, -0.2) is 70.7 Å². The standard InChI is InChI=1S/C26H34N4O5S2/c1-37-13-12-19(27)23(31)28-20(14-17-8-4-2-5-9-17)24(32)29-21(15-18-10-6-3-7-11-18)25(33)30-22(16-36)26(34)35/h2-11,19-22,36H,12-16,27H2,1H3,(H,28,31)(H,29,32)(H,30,33)(H,34,35). The van der Waals surface area contributed by atoms with Gasteiger partial charge >= 0.3 is 5.97 Å². The monoisotopic (exact) mass is 546 g/mol. The first-order valence-corrected chi connectivity index (χ1v) is 13.8. The summed E-state index contributed by atoms with van der Waals surface area (Å²) < 4.78 is 0. The van der Waals surface area contributed by atoms with Gasteiger partial charge in [0, 0.05) is 18.6 Å². The number of rotatable bonds is 15. The molecule has 6 N–H and O–H groups in total. The van der Waals surface area contributed by atoms with E-state index in [1.807, 2.05) is 42.7 Å². The predicted molar refractivity (Wildman–Crippen MR) is 149 cm³/mol. The molecule has 2 aromatic carbocycles. The number of carboxylic acid groups (broad SMARTS) is 1. The lowest BCUT2D eigenvalue weighted by atomic mass is 10.0. The maximum Gasteiger partial charge on any atom is 0.327 e. The minimum absolute atomic E-state index is 0.117. The maximum absolute atomic E-state index is 13.4. The van der Waals surface area contributed by atoms with Crippen molar-refractivity contribution in [2.75, 3.05) is 17.8 Å². The van der Waals surface area contributed by atoms with E-state index in [9.17, 15) is 24.3 Å². The summed E-state index contributed by atoms with van der Waals surface area (Å²) in [7, 11) is 0. The molecule has 2 rings (SSSR count). The van der Waals surface area contributed by atoms with Gasteiger partial charge in [-0.3, -0.25) is 14.4 Å². The van der Waals surface area contributed by atoms with Crippen molar-refractivity contribution < 1.29 is 24.3 Å². The number of hydrogen-bond acceptors (Lipinski definition) is 7. The predicted octanol–water partition coefficient (Wildman–Crippen LogP) is 1.02. The fraction of sp³-hybridized carbons (Fsp3) is 0.385. The first-order valence-electron chi connectivity index (χ1n) is 11.8. The average molecular weight is 547 g/mol. The second kappa shape index (κ2) is 16.0. The molecule has 0 fully saturated rings. The van der Waals surface area contributed by atoms with Crippen LogP contribution in [0.4, 0.5) is 0 Å². The van der Waals surface area contributed by atoms with Crippen molar-refractivity contribution in [2.24, 2.45) is 5.73 Å². The fourth-order valence-corrected chi connectivity index (χ4v) is 4.24. The number of carbonyl (C=O) groups excluding carboxylic acids is 3. The molecule has 11 heteroatoms. The van der Waals surface area contributed by atoms with Crippen LogP contribution in [0.15, 0.2) is 60.7 Å². The molecule has 0 aliphatic carbocycles. The van der Waals surface area contributed by atoms with Crippen LogP contribution in [0.2, 0.25) is 0 Å². The highest BCUT2D eigenvalue weighted by Gasteiger charge is 2.30. The SMILES string of the molecule is CSCCC(N)C(=O)NC(Cc1ccccc1)C(=O)NC(Cc1ccccc1)C(=O)NC(CS)C(=O)O. The van der Waals surface area contributed by atoms with E-state index in [0.717, 1.165) is 11.1 Å². The zero-order valence-electron chi connectivity index (χ0n) is 20.6. The summed E-state index contributed by atoms with van der Waals surface area (Å²) in [5, 5.41) is 17.2. The molecule has 0 bridgehead atoms. The van der Waals surface area contributed by atoms with Crippen LogP contribution < -0.4 is 21.7 Å². The molecule has 0 saturated heterocycles. The van der Waals surface area contributed by atoms with E-state index >= 15 is 0 Å². The van der Waals surface area contributed by atoms with Crippen LogP contribution in [-0.2, 0) is 32.0 Å². The Bertz CT molecular complexity index is 1030. The second-order valence-corrected chi connectivity index (χ2v) is 9.82. The van der Waals surface area contributed by atoms with Gasteiger partial charge in [0.1, 0.15) is 18.1 Å². The van der Waals surface area contributed by atoms with Crippen molar-refractivity contribution in [1.82, 2.24) is 16.0 Å². The highest BCUT2D eigenvalue weighted by atomic mass is 32.2. The third-order valence-electron chi connectivity index (χ3n) is 5.60. The van der Waals surface area contributed by atoms with E-state index in [1.165, 1.54) is 0 Å². The molecule has 4 unspecified atom stereocenters. The van der Waals surface area contributed by atoms with E-state index in [0.29, 0.717) is 12.2 Å². The number of benzene rings is 2. The highest BCUT2D eigenvalue weighted by molar-refractivity contribution is 7.98.